The van der Waals surface area contributed by atoms with Crippen LogP contribution in [-0.2, 0) is 24.1 Å². The molecule has 0 bridgehead atoms. The number of sulfonamides is 1. The molecule has 0 radical (unpaired) electrons. The summed E-state index contributed by atoms with van der Waals surface area (Å²) >= 11 is 0. The average molecular weight is 419 g/mol. The zero-order valence-electron chi connectivity index (χ0n) is 15.9. The Bertz CT molecular complexity index is 1250. The maximum Gasteiger partial charge on any atom is 0.330 e. The summed E-state index contributed by atoms with van der Waals surface area (Å²) in [5, 5.41) is 10.1. The van der Waals surface area contributed by atoms with E-state index in [0.717, 1.165) is 4.57 Å². The van der Waals surface area contributed by atoms with Gasteiger partial charge in [-0.2, -0.15) is 0 Å². The predicted molar refractivity (Wildman–Crippen MR) is 108 cm³/mol. The lowest BCUT2D eigenvalue weighted by Crippen LogP contribution is -2.37. The van der Waals surface area contributed by atoms with Crippen molar-refractivity contribution in [1.29, 1.82) is 0 Å². The molecule has 0 saturated heterocycles. The molecule has 3 aromatic rings. The summed E-state index contributed by atoms with van der Waals surface area (Å²) in [7, 11) is -1.16. The summed E-state index contributed by atoms with van der Waals surface area (Å²) in [4.78, 5) is 24.2. The zero-order valence-corrected chi connectivity index (χ0v) is 16.7. The first-order valence-electron chi connectivity index (χ1n) is 8.76. The Labute approximate surface area is 166 Å². The number of aryl methyl sites for hydroxylation is 1. The van der Waals surface area contributed by atoms with Gasteiger partial charge in [0, 0.05) is 20.6 Å². The quantitative estimate of drug-likeness (QED) is 0.554. The number of ether oxygens (including phenoxy) is 1. The van der Waals surface area contributed by atoms with Crippen LogP contribution in [0.25, 0.3) is 10.9 Å². The maximum atomic E-state index is 12.6. The topological polar surface area (TPSA) is 120 Å². The summed E-state index contributed by atoms with van der Waals surface area (Å²) in [6.07, 6.45) is -1.07. The van der Waals surface area contributed by atoms with Gasteiger partial charge in [0.15, 0.2) is 0 Å². The van der Waals surface area contributed by atoms with Crippen LogP contribution in [0.3, 0.4) is 0 Å². The molecule has 154 valence electrons. The molecule has 0 unspecified atom stereocenters. The van der Waals surface area contributed by atoms with Gasteiger partial charge in [-0.25, -0.2) is 17.9 Å². The van der Waals surface area contributed by atoms with Gasteiger partial charge in [0.1, 0.15) is 18.5 Å². The van der Waals surface area contributed by atoms with Gasteiger partial charge in [-0.1, -0.05) is 18.2 Å². The van der Waals surface area contributed by atoms with Crippen LogP contribution < -0.4 is 20.7 Å². The van der Waals surface area contributed by atoms with Crippen molar-refractivity contribution < 1.29 is 18.3 Å². The Morgan fingerprint density at radius 3 is 2.45 bits per heavy atom. The van der Waals surface area contributed by atoms with E-state index in [1.807, 2.05) is 6.07 Å². The molecule has 29 heavy (non-hydrogen) atoms. The molecule has 1 heterocycles. The first-order chi connectivity index (χ1) is 13.7. The number of hydrogen-bond acceptors (Lipinski definition) is 6. The highest BCUT2D eigenvalue weighted by Gasteiger charge is 2.18. The fourth-order valence-corrected chi connectivity index (χ4v) is 3.90. The fraction of sp³-hybridized carbons (Fsp3) is 0.263. The van der Waals surface area contributed by atoms with Gasteiger partial charge >= 0.3 is 5.69 Å². The number of para-hydroxylation sites is 1. The van der Waals surface area contributed by atoms with Crippen LogP contribution >= 0.6 is 0 Å². The van der Waals surface area contributed by atoms with Crippen LogP contribution in [0.1, 0.15) is 0 Å². The molecule has 0 aliphatic heterocycles. The first-order valence-corrected chi connectivity index (χ1v) is 10.2. The number of benzene rings is 2. The maximum absolute atomic E-state index is 12.6. The molecule has 2 aromatic carbocycles. The molecular formula is C19H21N3O6S. The van der Waals surface area contributed by atoms with E-state index in [1.165, 1.54) is 36.9 Å². The van der Waals surface area contributed by atoms with Crippen LogP contribution in [0.15, 0.2) is 63.0 Å². The van der Waals surface area contributed by atoms with Crippen molar-refractivity contribution in [2.45, 2.75) is 11.0 Å². The van der Waals surface area contributed by atoms with Crippen LogP contribution in [0.5, 0.6) is 5.75 Å². The third-order valence-corrected chi connectivity index (χ3v) is 5.86. The van der Waals surface area contributed by atoms with Gasteiger partial charge < -0.3 is 9.84 Å². The number of nitrogens with one attached hydrogen (secondary N) is 1. The first kappa shape index (κ1) is 20.8. The largest absolute Gasteiger partial charge is 0.491 e. The van der Waals surface area contributed by atoms with Crippen LogP contribution in [0.2, 0.25) is 0 Å². The van der Waals surface area contributed by atoms with E-state index in [9.17, 15) is 23.1 Å². The smallest absolute Gasteiger partial charge is 0.330 e. The Kier molecular flexibility index (Phi) is 5.87. The van der Waals surface area contributed by atoms with Crippen molar-refractivity contribution in [3.05, 3.63) is 69.4 Å². The summed E-state index contributed by atoms with van der Waals surface area (Å²) in [5.41, 5.74) is -0.762. The molecule has 2 N–H and O–H groups in total. The molecule has 0 aliphatic rings. The zero-order chi connectivity index (χ0) is 21.2. The lowest BCUT2D eigenvalue weighted by Gasteiger charge is -2.14. The van der Waals surface area contributed by atoms with Crippen LogP contribution in [0, 0.1) is 0 Å². The summed E-state index contributed by atoms with van der Waals surface area (Å²) in [6.45, 7) is -0.356. The Morgan fingerprint density at radius 1 is 1.07 bits per heavy atom. The van der Waals surface area contributed by atoms with E-state index in [4.69, 9.17) is 4.74 Å². The van der Waals surface area contributed by atoms with Crippen molar-refractivity contribution in [2.75, 3.05) is 13.2 Å². The molecule has 0 fully saturated rings. The molecule has 0 amide bonds. The molecule has 0 spiro atoms. The molecule has 1 atom stereocenters. The van der Waals surface area contributed by atoms with E-state index in [-0.39, 0.29) is 23.4 Å². The second-order valence-corrected chi connectivity index (χ2v) is 8.28. The SMILES string of the molecule is Cn1c(=O)c2cc(S(=O)(=O)NC[C@@H](O)COc3ccccc3)ccc2n(C)c1=O. The Morgan fingerprint density at radius 2 is 1.76 bits per heavy atom. The Balaban J connectivity index is 1.76. The van der Waals surface area contributed by atoms with Gasteiger partial charge in [0.25, 0.3) is 5.56 Å². The van der Waals surface area contributed by atoms with E-state index >= 15 is 0 Å². The highest BCUT2D eigenvalue weighted by atomic mass is 32.2. The van der Waals surface area contributed by atoms with Gasteiger partial charge in [-0.3, -0.25) is 13.9 Å². The molecule has 3 rings (SSSR count). The van der Waals surface area contributed by atoms with Gasteiger partial charge in [-0.05, 0) is 30.3 Å². The number of fused-ring (bicyclic) bond motifs is 1. The number of aliphatic hydroxyl groups excluding tert-OH is 1. The number of aliphatic hydroxyl groups is 1. The van der Waals surface area contributed by atoms with Crippen molar-refractivity contribution in [3.8, 4) is 5.75 Å². The monoisotopic (exact) mass is 419 g/mol. The van der Waals surface area contributed by atoms with Gasteiger partial charge in [0.2, 0.25) is 10.0 Å². The van der Waals surface area contributed by atoms with E-state index in [2.05, 4.69) is 4.72 Å². The highest BCUT2D eigenvalue weighted by Crippen LogP contribution is 2.15. The van der Waals surface area contributed by atoms with Crippen molar-refractivity contribution in [3.63, 3.8) is 0 Å². The molecular weight excluding hydrogens is 398 g/mol. The lowest BCUT2D eigenvalue weighted by molar-refractivity contribution is 0.111. The third-order valence-electron chi connectivity index (χ3n) is 4.44. The molecule has 0 saturated carbocycles. The molecule has 0 aliphatic carbocycles. The molecule has 9 nitrogen and oxygen atoms in total. The standard InChI is InChI=1S/C19H21N3O6S/c1-21-17-9-8-15(10-16(17)18(24)22(2)19(21)25)29(26,27)20-11-13(23)12-28-14-6-4-3-5-7-14/h3-10,13,20,23H,11-12H2,1-2H3/t13-/m1/s1. The van der Waals surface area contributed by atoms with Crippen LogP contribution in [-0.4, -0.2) is 41.9 Å². The fourth-order valence-electron chi connectivity index (χ4n) is 2.80. The minimum absolute atomic E-state index is 0.0904. The highest BCUT2D eigenvalue weighted by molar-refractivity contribution is 7.89. The average Bonchev–Trinajstić information content (AvgIpc) is 2.73. The van der Waals surface area contributed by atoms with Gasteiger partial charge in [-0.15, -0.1) is 0 Å². The molecule has 10 heteroatoms. The van der Waals surface area contributed by atoms with Crippen molar-refractivity contribution >= 4 is 20.9 Å². The minimum Gasteiger partial charge on any atom is -0.491 e. The summed E-state index contributed by atoms with van der Waals surface area (Å²) in [6, 6.07) is 12.8. The van der Waals surface area contributed by atoms with E-state index < -0.39 is 27.4 Å². The number of rotatable bonds is 7. The second kappa shape index (κ2) is 8.19. The lowest BCUT2D eigenvalue weighted by atomic mass is 10.2. The van der Waals surface area contributed by atoms with E-state index in [0.29, 0.717) is 11.3 Å². The number of hydrogen-bond donors (Lipinski definition) is 2. The third kappa shape index (κ3) is 4.39. The van der Waals surface area contributed by atoms with E-state index in [1.54, 1.807) is 24.3 Å². The number of aromatic nitrogens is 2. The normalized spacial score (nSPS) is 12.8. The number of nitrogens with zero attached hydrogens (tertiary/aromatic N) is 2. The molecule has 1 aromatic heterocycles. The second-order valence-electron chi connectivity index (χ2n) is 6.51. The summed E-state index contributed by atoms with van der Waals surface area (Å²) in [5.74, 6) is 0.561. The Hall–Kier alpha value is -2.95. The predicted octanol–water partition coefficient (Wildman–Crippen LogP) is -0.0446. The minimum atomic E-state index is -3.98. The van der Waals surface area contributed by atoms with Crippen molar-refractivity contribution in [2.24, 2.45) is 14.1 Å². The van der Waals surface area contributed by atoms with Gasteiger partial charge in [0.05, 0.1) is 15.8 Å². The summed E-state index contributed by atoms with van der Waals surface area (Å²) < 4.78 is 35.0. The van der Waals surface area contributed by atoms with Crippen LogP contribution in [0.4, 0.5) is 0 Å². The van der Waals surface area contributed by atoms with Crippen molar-refractivity contribution in [1.82, 2.24) is 13.9 Å².